The van der Waals surface area contributed by atoms with Crippen molar-refractivity contribution in [2.75, 3.05) is 6.61 Å². The van der Waals surface area contributed by atoms with Crippen LogP contribution in [-0.4, -0.2) is 61.6 Å². The first-order valence-corrected chi connectivity index (χ1v) is 6.29. The molecule has 0 saturated carbocycles. The van der Waals surface area contributed by atoms with Crippen molar-refractivity contribution >= 4 is 26.1 Å². The molecular formula is C7H11O12P. The van der Waals surface area contributed by atoms with E-state index in [-0.39, 0.29) is 0 Å². The fourth-order valence-corrected chi connectivity index (χ4v) is 2.27. The molecule has 0 amide bonds. The normalized spacial score (nSPS) is 15.6. The highest BCUT2D eigenvalue weighted by Gasteiger charge is 2.52. The van der Waals surface area contributed by atoms with Gasteiger partial charge >= 0.3 is 26.1 Å². The lowest BCUT2D eigenvalue weighted by molar-refractivity contribution is -0.104. The molecule has 0 rings (SSSR count). The Labute approximate surface area is 110 Å². The topological polar surface area (TPSA) is 197 Å². The maximum Gasteiger partial charge on any atom is 0.506 e. The summed E-state index contributed by atoms with van der Waals surface area (Å²) in [5.74, 6) is -2.61. The number of carbonyl (C=O) groups is 3. The van der Waals surface area contributed by atoms with Crippen LogP contribution in [0, 0.1) is 0 Å². The van der Waals surface area contributed by atoms with Crippen LogP contribution in [0.2, 0.25) is 0 Å². The van der Waals surface area contributed by atoms with E-state index in [2.05, 4.69) is 14.2 Å². The first-order valence-electron chi connectivity index (χ1n) is 4.61. The molecule has 0 aromatic carbocycles. The molecule has 0 fully saturated rings. The van der Waals surface area contributed by atoms with Crippen LogP contribution in [0.4, 0.5) is 14.4 Å². The van der Waals surface area contributed by atoms with Gasteiger partial charge < -0.3 is 39.3 Å². The molecule has 116 valence electrons. The predicted molar refractivity (Wildman–Crippen MR) is 56.4 cm³/mol. The van der Waals surface area contributed by atoms with Gasteiger partial charge in [-0.1, -0.05) is 0 Å². The molecule has 0 radical (unpaired) electrons. The number of rotatable bonds is 6. The van der Waals surface area contributed by atoms with E-state index in [4.69, 9.17) is 25.1 Å². The van der Waals surface area contributed by atoms with Gasteiger partial charge in [-0.25, -0.2) is 14.4 Å². The highest BCUT2D eigenvalue weighted by molar-refractivity contribution is 7.52. The summed E-state index contributed by atoms with van der Waals surface area (Å²) < 4.78 is 23.2. The van der Waals surface area contributed by atoms with Crippen LogP contribution in [-0.2, 0) is 18.8 Å². The van der Waals surface area contributed by atoms with Crippen molar-refractivity contribution < 1.29 is 58.3 Å². The third kappa shape index (κ3) is 5.73. The third-order valence-corrected chi connectivity index (χ3v) is 3.11. The minimum absolute atomic E-state index is 0.705. The van der Waals surface area contributed by atoms with Gasteiger partial charge in [0, 0.05) is 0 Å². The van der Waals surface area contributed by atoms with E-state index in [0.717, 1.165) is 0 Å². The second-order valence-electron chi connectivity index (χ2n) is 3.56. The van der Waals surface area contributed by atoms with Crippen LogP contribution in [0.3, 0.4) is 0 Å². The molecule has 20 heavy (non-hydrogen) atoms. The van der Waals surface area contributed by atoms with Gasteiger partial charge in [-0.3, -0.25) is 4.57 Å². The molecule has 5 N–H and O–H groups in total. The minimum atomic E-state index is -5.33. The number of ether oxygens (including phenoxy) is 3. The van der Waals surface area contributed by atoms with E-state index in [9.17, 15) is 18.9 Å². The van der Waals surface area contributed by atoms with Crippen molar-refractivity contribution in [2.24, 2.45) is 0 Å². The fraction of sp³-hybridized carbons (Fsp3) is 0.571. The van der Waals surface area contributed by atoms with Crippen LogP contribution in [0.1, 0.15) is 6.92 Å². The van der Waals surface area contributed by atoms with Gasteiger partial charge in [0.2, 0.25) is 5.85 Å². The number of hydrogen-bond acceptors (Lipinski definition) is 7. The Morgan fingerprint density at radius 2 is 1.60 bits per heavy atom. The molecule has 0 aliphatic carbocycles. The predicted octanol–water partition coefficient (Wildman–Crippen LogP) is 0.333. The van der Waals surface area contributed by atoms with Gasteiger partial charge in [-0.2, -0.15) is 0 Å². The number of carboxylic acid groups (broad SMARTS) is 3. The van der Waals surface area contributed by atoms with Crippen LogP contribution in [0.25, 0.3) is 0 Å². The first-order chi connectivity index (χ1) is 8.88. The molecule has 0 saturated heterocycles. The molecule has 0 aromatic rings. The maximum atomic E-state index is 11.2. The van der Waals surface area contributed by atoms with Crippen molar-refractivity contribution in [3.63, 3.8) is 0 Å². The average Bonchev–Trinajstić information content (AvgIpc) is 2.20. The molecule has 0 aromatic heterocycles. The summed E-state index contributed by atoms with van der Waals surface area (Å²) in [6.45, 7) is -0.492. The Morgan fingerprint density at radius 3 is 1.90 bits per heavy atom. The van der Waals surface area contributed by atoms with Crippen molar-refractivity contribution in [2.45, 2.75) is 18.4 Å². The largest absolute Gasteiger partial charge is 0.506 e. The molecule has 0 aliphatic rings. The summed E-state index contributed by atoms with van der Waals surface area (Å²) in [6, 6.07) is 0. The van der Waals surface area contributed by atoms with E-state index < -0.39 is 44.1 Å². The molecule has 0 spiro atoms. The Balaban J connectivity index is 5.50. The Hall–Kier alpha value is -2.04. The molecule has 13 heteroatoms. The van der Waals surface area contributed by atoms with Gasteiger partial charge in [-0.05, 0) is 6.92 Å². The van der Waals surface area contributed by atoms with Crippen molar-refractivity contribution in [1.29, 1.82) is 0 Å². The monoisotopic (exact) mass is 318 g/mol. The van der Waals surface area contributed by atoms with Crippen molar-refractivity contribution in [3.8, 4) is 0 Å². The van der Waals surface area contributed by atoms with Gasteiger partial charge in [0.25, 0.3) is 0 Å². The van der Waals surface area contributed by atoms with Crippen molar-refractivity contribution in [3.05, 3.63) is 0 Å². The van der Waals surface area contributed by atoms with E-state index >= 15 is 0 Å². The van der Waals surface area contributed by atoms with E-state index in [0.29, 0.717) is 6.92 Å². The highest BCUT2D eigenvalue weighted by Crippen LogP contribution is 2.48. The third-order valence-electron chi connectivity index (χ3n) is 1.84. The van der Waals surface area contributed by atoms with E-state index in [1.54, 1.807) is 0 Å². The number of hydrogen-bond donors (Lipinski definition) is 5. The summed E-state index contributed by atoms with van der Waals surface area (Å²) in [5, 5.41) is 25.2. The SMILES string of the molecule is CC(COC(=O)O)(OC(=O)O)C(OC(=O)O)P(=O)(O)O. The Bertz CT molecular complexity index is 439. The van der Waals surface area contributed by atoms with E-state index in [1.807, 2.05) is 0 Å². The zero-order valence-electron chi connectivity index (χ0n) is 9.83. The Kier molecular flexibility index (Phi) is 5.76. The highest BCUT2D eigenvalue weighted by atomic mass is 31.2. The standard InChI is InChI=1S/C7H11O12P/c1-7(19-6(12)13,2-17-4(8)9)3(18-5(10)11)20(14,15)16/h3H,2H2,1H3,(H,8,9)(H,10,11)(H,12,13)(H2,14,15,16). The quantitative estimate of drug-likeness (QED) is 0.256. The minimum Gasteiger partial charge on any atom is -0.450 e. The van der Waals surface area contributed by atoms with E-state index in [1.165, 1.54) is 0 Å². The van der Waals surface area contributed by atoms with Crippen LogP contribution >= 0.6 is 7.60 Å². The molecule has 2 unspecified atom stereocenters. The zero-order valence-corrected chi connectivity index (χ0v) is 10.7. The lowest BCUT2D eigenvalue weighted by Crippen LogP contribution is -2.49. The smallest absolute Gasteiger partial charge is 0.450 e. The van der Waals surface area contributed by atoms with Crippen LogP contribution < -0.4 is 0 Å². The van der Waals surface area contributed by atoms with Crippen LogP contribution in [0.15, 0.2) is 0 Å². The second kappa shape index (κ2) is 6.41. The van der Waals surface area contributed by atoms with Crippen molar-refractivity contribution in [1.82, 2.24) is 0 Å². The maximum absolute atomic E-state index is 11.2. The zero-order chi connectivity index (χ0) is 16.1. The summed E-state index contributed by atoms with van der Waals surface area (Å²) >= 11 is 0. The lowest BCUT2D eigenvalue weighted by atomic mass is 10.1. The summed E-state index contributed by atoms with van der Waals surface area (Å²) in [5.41, 5.74) is -2.58. The lowest BCUT2D eigenvalue weighted by Gasteiger charge is -2.33. The second-order valence-corrected chi connectivity index (χ2v) is 5.21. The molecule has 0 aliphatic heterocycles. The first kappa shape index (κ1) is 18.0. The molecule has 12 nitrogen and oxygen atoms in total. The van der Waals surface area contributed by atoms with Gasteiger partial charge in [0.05, 0.1) is 0 Å². The van der Waals surface area contributed by atoms with Gasteiger partial charge in [0.15, 0.2) is 5.60 Å². The summed E-state index contributed by atoms with van der Waals surface area (Å²) in [6.07, 6.45) is -6.08. The molecule has 2 atom stereocenters. The molecule has 0 heterocycles. The molecular weight excluding hydrogens is 307 g/mol. The summed E-state index contributed by atoms with van der Waals surface area (Å²) in [7, 11) is -5.33. The fourth-order valence-electron chi connectivity index (χ4n) is 1.20. The summed E-state index contributed by atoms with van der Waals surface area (Å²) in [4.78, 5) is 49.1. The Morgan fingerprint density at radius 1 is 1.10 bits per heavy atom. The average molecular weight is 318 g/mol. The van der Waals surface area contributed by atoms with Gasteiger partial charge in [-0.15, -0.1) is 0 Å². The van der Waals surface area contributed by atoms with Crippen LogP contribution in [0.5, 0.6) is 0 Å². The van der Waals surface area contributed by atoms with Gasteiger partial charge in [0.1, 0.15) is 6.61 Å². The molecule has 0 bridgehead atoms.